The van der Waals surface area contributed by atoms with E-state index in [4.69, 9.17) is 9.47 Å². The summed E-state index contributed by atoms with van der Waals surface area (Å²) in [6.45, 7) is 1.62. The van der Waals surface area contributed by atoms with Gasteiger partial charge in [-0.25, -0.2) is 0 Å². The SMILES string of the molecule is COC(c1ccc2c(c1)CN(C(=O)c1n[nH]c3c1CCCC3)CCO2)C1CCCCC1. The van der Waals surface area contributed by atoms with Crippen LogP contribution in [0.3, 0.4) is 0 Å². The number of fused-ring (bicyclic) bond motifs is 2. The molecule has 0 spiro atoms. The minimum atomic E-state index is 0.0109. The van der Waals surface area contributed by atoms with Gasteiger partial charge in [0.15, 0.2) is 5.69 Å². The van der Waals surface area contributed by atoms with Crippen molar-refractivity contribution in [3.8, 4) is 5.75 Å². The number of aromatic nitrogens is 2. The minimum Gasteiger partial charge on any atom is -0.491 e. The predicted molar refractivity (Wildman–Crippen MR) is 118 cm³/mol. The van der Waals surface area contributed by atoms with E-state index in [0.717, 1.165) is 48.3 Å². The third kappa shape index (κ3) is 4.10. The van der Waals surface area contributed by atoms with Gasteiger partial charge in [-0.3, -0.25) is 9.89 Å². The van der Waals surface area contributed by atoms with Gasteiger partial charge in [0, 0.05) is 30.5 Å². The molecule has 2 aliphatic carbocycles. The summed E-state index contributed by atoms with van der Waals surface area (Å²) in [6, 6.07) is 6.40. The first-order valence-corrected chi connectivity index (χ1v) is 11.9. The minimum absolute atomic E-state index is 0.0109. The molecule has 0 bridgehead atoms. The molecule has 1 saturated carbocycles. The van der Waals surface area contributed by atoms with Crippen molar-refractivity contribution >= 4 is 5.91 Å². The smallest absolute Gasteiger partial charge is 0.275 e. The van der Waals surface area contributed by atoms with Crippen LogP contribution in [0, 0.1) is 5.92 Å². The Morgan fingerprint density at radius 1 is 1.19 bits per heavy atom. The largest absolute Gasteiger partial charge is 0.491 e. The Morgan fingerprint density at radius 3 is 2.87 bits per heavy atom. The molecule has 5 rings (SSSR count). The first kappa shape index (κ1) is 20.6. The highest BCUT2D eigenvalue weighted by molar-refractivity contribution is 5.94. The molecule has 1 unspecified atom stereocenters. The molecule has 0 saturated heterocycles. The lowest BCUT2D eigenvalue weighted by atomic mass is 9.82. The second kappa shape index (κ2) is 9.03. The van der Waals surface area contributed by atoms with Crippen LogP contribution < -0.4 is 4.74 Å². The molecule has 1 aromatic heterocycles. The highest BCUT2D eigenvalue weighted by atomic mass is 16.5. The molecule has 6 heteroatoms. The quantitative estimate of drug-likeness (QED) is 0.781. The summed E-state index contributed by atoms with van der Waals surface area (Å²) in [6.07, 6.45) is 10.7. The van der Waals surface area contributed by atoms with Crippen LogP contribution >= 0.6 is 0 Å². The molecule has 1 N–H and O–H groups in total. The average molecular weight is 424 g/mol. The number of carbonyl (C=O) groups excluding carboxylic acids is 1. The maximum atomic E-state index is 13.4. The van der Waals surface area contributed by atoms with Crippen molar-refractivity contribution in [3.05, 3.63) is 46.3 Å². The molecule has 1 aliphatic heterocycles. The molecule has 1 atom stereocenters. The maximum absolute atomic E-state index is 13.4. The van der Waals surface area contributed by atoms with Gasteiger partial charge in [0.1, 0.15) is 12.4 Å². The number of carbonyl (C=O) groups is 1. The molecule has 2 aromatic rings. The van der Waals surface area contributed by atoms with E-state index in [1.165, 1.54) is 37.7 Å². The third-order valence-electron chi connectivity index (χ3n) is 7.27. The predicted octanol–water partition coefficient (Wildman–Crippen LogP) is 4.59. The van der Waals surface area contributed by atoms with Crippen LogP contribution in [0.5, 0.6) is 5.75 Å². The molecular formula is C25H33N3O3. The van der Waals surface area contributed by atoms with Crippen LogP contribution in [0.1, 0.15) is 83.9 Å². The average Bonchev–Trinajstić information content (AvgIpc) is 3.12. The van der Waals surface area contributed by atoms with Gasteiger partial charge in [-0.15, -0.1) is 0 Å². The van der Waals surface area contributed by atoms with Gasteiger partial charge in [-0.05, 0) is 62.1 Å². The standard InChI is InChI=1S/C25H33N3O3/c1-30-24(17-7-3-2-4-8-17)18-11-12-22-19(15-18)16-28(13-14-31-22)25(29)23-20-9-5-6-10-21(20)26-27-23/h11-12,15,17,24H,2-10,13-14,16H2,1H3,(H,26,27). The first-order chi connectivity index (χ1) is 15.2. The van der Waals surface area contributed by atoms with Crippen molar-refractivity contribution in [2.45, 2.75) is 70.4 Å². The van der Waals surface area contributed by atoms with E-state index in [-0.39, 0.29) is 12.0 Å². The van der Waals surface area contributed by atoms with Gasteiger partial charge in [0.05, 0.1) is 12.6 Å². The molecule has 3 aliphatic rings. The van der Waals surface area contributed by atoms with Crippen LogP contribution in [0.4, 0.5) is 0 Å². The second-order valence-corrected chi connectivity index (χ2v) is 9.23. The number of aromatic amines is 1. The molecule has 1 amide bonds. The van der Waals surface area contributed by atoms with Gasteiger partial charge < -0.3 is 14.4 Å². The Bertz CT molecular complexity index is 932. The molecule has 31 heavy (non-hydrogen) atoms. The Hall–Kier alpha value is -2.34. The van der Waals surface area contributed by atoms with Crippen molar-refractivity contribution in [1.29, 1.82) is 0 Å². The first-order valence-electron chi connectivity index (χ1n) is 11.9. The van der Waals surface area contributed by atoms with Crippen LogP contribution in [0.25, 0.3) is 0 Å². The number of amides is 1. The Labute approximate surface area is 184 Å². The Morgan fingerprint density at radius 2 is 2.03 bits per heavy atom. The fourth-order valence-electron chi connectivity index (χ4n) is 5.61. The zero-order chi connectivity index (χ0) is 21.2. The van der Waals surface area contributed by atoms with Crippen molar-refractivity contribution in [3.63, 3.8) is 0 Å². The molecular weight excluding hydrogens is 390 g/mol. The van der Waals surface area contributed by atoms with Gasteiger partial charge in [0.25, 0.3) is 5.91 Å². The zero-order valence-electron chi connectivity index (χ0n) is 18.5. The highest BCUT2D eigenvalue weighted by Crippen LogP contribution is 2.38. The summed E-state index contributed by atoms with van der Waals surface area (Å²) in [4.78, 5) is 15.3. The van der Waals surface area contributed by atoms with Gasteiger partial charge in [0.2, 0.25) is 0 Å². The lowest BCUT2D eigenvalue weighted by Gasteiger charge is -2.30. The molecule has 0 radical (unpaired) electrons. The van der Waals surface area contributed by atoms with E-state index in [1.807, 2.05) is 12.0 Å². The number of benzene rings is 1. The molecule has 1 aromatic carbocycles. The molecule has 2 heterocycles. The fourth-order valence-corrected chi connectivity index (χ4v) is 5.61. The number of rotatable bonds is 4. The van der Waals surface area contributed by atoms with E-state index < -0.39 is 0 Å². The molecule has 1 fully saturated rings. The summed E-state index contributed by atoms with van der Waals surface area (Å²) in [5, 5.41) is 7.51. The number of aryl methyl sites for hydroxylation is 1. The van der Waals surface area contributed by atoms with Crippen molar-refractivity contribution in [2.75, 3.05) is 20.3 Å². The molecule has 6 nitrogen and oxygen atoms in total. The number of H-pyrrole nitrogens is 1. The number of hydrogen-bond donors (Lipinski definition) is 1. The van der Waals surface area contributed by atoms with Gasteiger partial charge in [-0.2, -0.15) is 5.10 Å². The summed E-state index contributed by atoms with van der Waals surface area (Å²) in [5.74, 6) is 1.45. The lowest BCUT2D eigenvalue weighted by Crippen LogP contribution is -2.33. The van der Waals surface area contributed by atoms with Crippen molar-refractivity contribution < 1.29 is 14.3 Å². The Balaban J connectivity index is 1.39. The number of ether oxygens (including phenoxy) is 2. The van der Waals surface area contributed by atoms with Crippen LogP contribution in [0.2, 0.25) is 0 Å². The number of methoxy groups -OCH3 is 1. The Kier molecular flexibility index (Phi) is 5.99. The van der Waals surface area contributed by atoms with E-state index in [0.29, 0.717) is 31.3 Å². The van der Waals surface area contributed by atoms with E-state index in [1.54, 1.807) is 0 Å². The van der Waals surface area contributed by atoms with Crippen LogP contribution in [0.15, 0.2) is 18.2 Å². The molecule has 166 valence electrons. The van der Waals surface area contributed by atoms with Crippen molar-refractivity contribution in [2.24, 2.45) is 5.92 Å². The van der Waals surface area contributed by atoms with Gasteiger partial charge in [-0.1, -0.05) is 25.3 Å². The third-order valence-corrected chi connectivity index (χ3v) is 7.27. The van der Waals surface area contributed by atoms with E-state index in [2.05, 4.69) is 28.4 Å². The zero-order valence-corrected chi connectivity index (χ0v) is 18.5. The second-order valence-electron chi connectivity index (χ2n) is 9.23. The lowest BCUT2D eigenvalue weighted by molar-refractivity contribution is 0.0353. The number of hydrogen-bond acceptors (Lipinski definition) is 4. The normalized spacial score (nSPS) is 20.4. The summed E-state index contributed by atoms with van der Waals surface area (Å²) in [5.41, 5.74) is 5.12. The van der Waals surface area contributed by atoms with Crippen molar-refractivity contribution in [1.82, 2.24) is 15.1 Å². The highest BCUT2D eigenvalue weighted by Gasteiger charge is 2.29. The fraction of sp³-hybridized carbons (Fsp3) is 0.600. The number of nitrogens with zero attached hydrogens (tertiary/aromatic N) is 2. The summed E-state index contributed by atoms with van der Waals surface area (Å²) < 4.78 is 12.0. The maximum Gasteiger partial charge on any atom is 0.275 e. The monoisotopic (exact) mass is 423 g/mol. The van der Waals surface area contributed by atoms with Crippen LogP contribution in [-0.4, -0.2) is 41.3 Å². The van der Waals surface area contributed by atoms with E-state index >= 15 is 0 Å². The number of nitrogens with one attached hydrogen (secondary N) is 1. The topological polar surface area (TPSA) is 67.5 Å². The summed E-state index contributed by atoms with van der Waals surface area (Å²) in [7, 11) is 1.82. The van der Waals surface area contributed by atoms with Gasteiger partial charge >= 0.3 is 0 Å². The summed E-state index contributed by atoms with van der Waals surface area (Å²) >= 11 is 0. The van der Waals surface area contributed by atoms with E-state index in [9.17, 15) is 4.79 Å². The van der Waals surface area contributed by atoms with Crippen LogP contribution in [-0.2, 0) is 24.1 Å².